The molecule has 0 spiro atoms. The maximum atomic E-state index is 12.3. The Hall–Kier alpha value is -1.93. The van der Waals surface area contributed by atoms with Crippen LogP contribution in [0.25, 0.3) is 0 Å². The van der Waals surface area contributed by atoms with E-state index in [0.29, 0.717) is 12.2 Å². The van der Waals surface area contributed by atoms with Crippen LogP contribution in [-0.2, 0) is 19.6 Å². The molecule has 1 unspecified atom stereocenters. The van der Waals surface area contributed by atoms with Crippen LogP contribution in [0, 0.1) is 0 Å². The first-order valence-electron chi connectivity index (χ1n) is 7.82. The predicted octanol–water partition coefficient (Wildman–Crippen LogP) is 1.57. The van der Waals surface area contributed by atoms with Crippen molar-refractivity contribution in [2.75, 3.05) is 18.4 Å². The summed E-state index contributed by atoms with van der Waals surface area (Å²) in [5.41, 5.74) is 0.529. The summed E-state index contributed by atoms with van der Waals surface area (Å²) in [7, 11) is -3.66. The summed E-state index contributed by atoms with van der Waals surface area (Å²) in [6, 6.07) is 5.95. The summed E-state index contributed by atoms with van der Waals surface area (Å²) in [6.07, 6.45) is 0.803. The van der Waals surface area contributed by atoms with Gasteiger partial charge in [0.1, 0.15) is 0 Å². The van der Waals surface area contributed by atoms with Crippen LogP contribution in [0.2, 0.25) is 0 Å². The minimum atomic E-state index is -3.66. The molecule has 24 heavy (non-hydrogen) atoms. The van der Waals surface area contributed by atoms with Gasteiger partial charge in [0.2, 0.25) is 21.8 Å². The highest BCUT2D eigenvalue weighted by atomic mass is 32.2. The number of amides is 2. The Morgan fingerprint density at radius 3 is 2.21 bits per heavy atom. The Morgan fingerprint density at radius 2 is 1.75 bits per heavy atom. The summed E-state index contributed by atoms with van der Waals surface area (Å²) in [5.74, 6) is -0.304. The molecule has 8 heteroatoms. The number of nitrogens with one attached hydrogen (secondary N) is 2. The average molecular weight is 355 g/mol. The number of rotatable bonds is 8. The minimum Gasteiger partial charge on any atom is -0.339 e. The van der Waals surface area contributed by atoms with Crippen LogP contribution in [0.3, 0.4) is 0 Å². The number of carbonyl (C=O) groups excluding carboxylic acids is 2. The third kappa shape index (κ3) is 5.93. The molecule has 0 aromatic heterocycles. The van der Waals surface area contributed by atoms with E-state index in [0.717, 1.165) is 6.42 Å². The average Bonchev–Trinajstić information content (AvgIpc) is 2.50. The van der Waals surface area contributed by atoms with Gasteiger partial charge in [-0.15, -0.1) is 0 Å². The topological polar surface area (TPSA) is 95.6 Å². The van der Waals surface area contributed by atoms with Crippen LogP contribution in [-0.4, -0.2) is 44.3 Å². The van der Waals surface area contributed by atoms with E-state index < -0.39 is 10.0 Å². The van der Waals surface area contributed by atoms with E-state index in [1.165, 1.54) is 38.1 Å². The first kappa shape index (κ1) is 20.1. The van der Waals surface area contributed by atoms with E-state index in [1.54, 1.807) is 4.90 Å². The lowest BCUT2D eigenvalue weighted by Crippen LogP contribution is -2.42. The third-order valence-electron chi connectivity index (χ3n) is 3.66. The molecule has 1 atom stereocenters. The number of nitrogens with zero attached hydrogens (tertiary/aromatic N) is 1. The molecule has 1 aromatic carbocycles. The zero-order valence-electron chi connectivity index (χ0n) is 14.5. The van der Waals surface area contributed by atoms with Crippen LogP contribution in [0.1, 0.15) is 34.1 Å². The molecule has 0 aliphatic heterocycles. The van der Waals surface area contributed by atoms with Gasteiger partial charge in [0.25, 0.3) is 0 Å². The van der Waals surface area contributed by atoms with Crippen LogP contribution >= 0.6 is 0 Å². The van der Waals surface area contributed by atoms with Gasteiger partial charge in [-0.05, 0) is 37.6 Å². The van der Waals surface area contributed by atoms with Gasteiger partial charge in [0.05, 0.1) is 4.90 Å². The highest BCUT2D eigenvalue weighted by Crippen LogP contribution is 2.14. The first-order chi connectivity index (χ1) is 11.2. The molecule has 1 aromatic rings. The smallest absolute Gasteiger partial charge is 0.240 e. The van der Waals surface area contributed by atoms with E-state index in [4.69, 9.17) is 0 Å². The molecule has 1 rings (SSSR count). The van der Waals surface area contributed by atoms with Crippen molar-refractivity contribution in [2.24, 2.45) is 0 Å². The standard InChI is InChI=1S/C16H25N3O4S/c1-5-12(2)19(14(4)21)11-10-17-24(22,23)16-8-6-15(7-9-16)18-13(3)20/h6-9,12,17H,5,10-11H2,1-4H3,(H,18,20). The molecule has 0 bridgehead atoms. The minimum absolute atomic E-state index is 0.0592. The van der Waals surface area contributed by atoms with Crippen molar-refractivity contribution in [3.63, 3.8) is 0 Å². The molecule has 134 valence electrons. The number of benzene rings is 1. The van der Waals surface area contributed by atoms with Gasteiger partial charge in [-0.2, -0.15) is 0 Å². The molecule has 2 N–H and O–H groups in total. The number of hydrogen-bond donors (Lipinski definition) is 2. The van der Waals surface area contributed by atoms with E-state index in [9.17, 15) is 18.0 Å². The number of hydrogen-bond acceptors (Lipinski definition) is 4. The highest BCUT2D eigenvalue weighted by molar-refractivity contribution is 7.89. The second kappa shape index (κ2) is 8.79. The molecule has 7 nitrogen and oxygen atoms in total. The molecule has 0 saturated carbocycles. The molecule has 0 fully saturated rings. The Labute approximate surface area is 143 Å². The van der Waals surface area contributed by atoms with Gasteiger partial charge in [-0.1, -0.05) is 6.92 Å². The summed E-state index contributed by atoms with van der Waals surface area (Å²) in [5, 5.41) is 2.57. The summed E-state index contributed by atoms with van der Waals surface area (Å²) >= 11 is 0. The van der Waals surface area contributed by atoms with Gasteiger partial charge in [-0.25, -0.2) is 13.1 Å². The third-order valence-corrected chi connectivity index (χ3v) is 5.13. The summed E-state index contributed by atoms with van der Waals surface area (Å²) in [4.78, 5) is 24.3. The van der Waals surface area contributed by atoms with Gasteiger partial charge in [0.15, 0.2) is 0 Å². The molecular formula is C16H25N3O4S. The lowest BCUT2D eigenvalue weighted by atomic mass is 10.2. The van der Waals surface area contributed by atoms with Crippen molar-refractivity contribution in [1.82, 2.24) is 9.62 Å². The van der Waals surface area contributed by atoms with Crippen molar-refractivity contribution in [3.8, 4) is 0 Å². The predicted molar refractivity (Wildman–Crippen MR) is 93.1 cm³/mol. The Bertz CT molecular complexity index is 671. The fraction of sp³-hybridized carbons (Fsp3) is 0.500. The van der Waals surface area contributed by atoms with Crippen molar-refractivity contribution in [2.45, 2.75) is 45.1 Å². The van der Waals surface area contributed by atoms with Crippen molar-refractivity contribution in [1.29, 1.82) is 0 Å². The SMILES string of the molecule is CCC(C)N(CCNS(=O)(=O)c1ccc(NC(C)=O)cc1)C(C)=O. The molecule has 0 radical (unpaired) electrons. The van der Waals surface area contributed by atoms with Gasteiger partial charge in [-0.3, -0.25) is 9.59 Å². The largest absolute Gasteiger partial charge is 0.339 e. The molecule has 0 heterocycles. The highest BCUT2D eigenvalue weighted by Gasteiger charge is 2.17. The lowest BCUT2D eigenvalue weighted by molar-refractivity contribution is -0.130. The van der Waals surface area contributed by atoms with Gasteiger partial charge in [0, 0.05) is 38.7 Å². The van der Waals surface area contributed by atoms with Gasteiger partial charge < -0.3 is 10.2 Å². The monoisotopic (exact) mass is 355 g/mol. The zero-order valence-corrected chi connectivity index (χ0v) is 15.3. The van der Waals surface area contributed by atoms with Crippen molar-refractivity contribution in [3.05, 3.63) is 24.3 Å². The second-order valence-corrected chi connectivity index (χ2v) is 7.34. The summed E-state index contributed by atoms with van der Waals surface area (Å²) in [6.45, 7) is 7.21. The quantitative estimate of drug-likeness (QED) is 0.740. The fourth-order valence-corrected chi connectivity index (χ4v) is 3.23. The first-order valence-corrected chi connectivity index (χ1v) is 9.30. The molecular weight excluding hydrogens is 330 g/mol. The van der Waals surface area contributed by atoms with Crippen LogP contribution in [0.5, 0.6) is 0 Å². The Balaban J connectivity index is 2.69. The van der Waals surface area contributed by atoms with E-state index in [2.05, 4.69) is 10.0 Å². The molecule has 0 saturated heterocycles. The number of sulfonamides is 1. The molecule has 0 aliphatic rings. The molecule has 0 aliphatic carbocycles. The van der Waals surface area contributed by atoms with Crippen LogP contribution in [0.15, 0.2) is 29.2 Å². The van der Waals surface area contributed by atoms with Crippen molar-refractivity contribution >= 4 is 27.5 Å². The van der Waals surface area contributed by atoms with E-state index in [1.807, 2.05) is 13.8 Å². The van der Waals surface area contributed by atoms with E-state index >= 15 is 0 Å². The van der Waals surface area contributed by atoms with Gasteiger partial charge >= 0.3 is 0 Å². The zero-order chi connectivity index (χ0) is 18.3. The maximum absolute atomic E-state index is 12.3. The normalized spacial score (nSPS) is 12.5. The Kier molecular flexibility index (Phi) is 7.37. The lowest BCUT2D eigenvalue weighted by Gasteiger charge is -2.27. The second-order valence-electron chi connectivity index (χ2n) is 5.57. The fourth-order valence-electron chi connectivity index (χ4n) is 2.21. The summed E-state index contributed by atoms with van der Waals surface area (Å²) < 4.78 is 27.0. The van der Waals surface area contributed by atoms with Crippen molar-refractivity contribution < 1.29 is 18.0 Å². The number of carbonyl (C=O) groups is 2. The number of anilines is 1. The maximum Gasteiger partial charge on any atom is 0.240 e. The van der Waals surface area contributed by atoms with E-state index in [-0.39, 0.29) is 29.3 Å². The van der Waals surface area contributed by atoms with Crippen LogP contribution < -0.4 is 10.0 Å². The molecule has 2 amide bonds. The Morgan fingerprint density at radius 1 is 1.17 bits per heavy atom. The van der Waals surface area contributed by atoms with Crippen LogP contribution in [0.4, 0.5) is 5.69 Å².